The molecule has 2 aromatic carbocycles. The number of aryl methyl sites for hydroxylation is 2. The van der Waals surface area contributed by atoms with Crippen molar-refractivity contribution >= 4 is 10.0 Å². The Morgan fingerprint density at radius 3 is 2.40 bits per heavy atom. The van der Waals surface area contributed by atoms with E-state index >= 15 is 0 Å². The molecule has 0 aliphatic heterocycles. The average Bonchev–Trinajstić information content (AvgIpc) is 2.41. The zero-order valence-corrected chi connectivity index (χ0v) is 12.2. The predicted molar refractivity (Wildman–Crippen MR) is 76.3 cm³/mol. The summed E-state index contributed by atoms with van der Waals surface area (Å²) in [4.78, 5) is 0.192. The average molecular weight is 293 g/mol. The summed E-state index contributed by atoms with van der Waals surface area (Å²) in [5.74, 6) is -0.421. The van der Waals surface area contributed by atoms with Crippen LogP contribution in [0.15, 0.2) is 47.4 Å². The molecule has 106 valence electrons. The van der Waals surface area contributed by atoms with Crippen molar-refractivity contribution in [3.8, 4) is 0 Å². The molecule has 5 heteroatoms. The summed E-state index contributed by atoms with van der Waals surface area (Å²) in [6, 6.07) is 11.0. The molecule has 0 radical (unpaired) electrons. The van der Waals surface area contributed by atoms with Gasteiger partial charge in [-0.15, -0.1) is 0 Å². The van der Waals surface area contributed by atoms with Crippen LogP contribution in [0.5, 0.6) is 0 Å². The van der Waals surface area contributed by atoms with E-state index in [2.05, 4.69) is 4.72 Å². The number of hydrogen-bond acceptors (Lipinski definition) is 2. The van der Waals surface area contributed by atoms with Gasteiger partial charge in [0.25, 0.3) is 0 Å². The monoisotopic (exact) mass is 293 g/mol. The Balaban J connectivity index is 2.19. The summed E-state index contributed by atoms with van der Waals surface area (Å²) in [7, 11) is -3.63. The van der Waals surface area contributed by atoms with Crippen LogP contribution in [-0.2, 0) is 16.6 Å². The smallest absolute Gasteiger partial charge is 0.207 e. The highest BCUT2D eigenvalue weighted by molar-refractivity contribution is 7.89. The molecule has 0 aliphatic carbocycles. The van der Waals surface area contributed by atoms with Gasteiger partial charge in [0.15, 0.2) is 0 Å². The second kappa shape index (κ2) is 5.73. The van der Waals surface area contributed by atoms with Gasteiger partial charge in [0.2, 0.25) is 10.0 Å². The lowest BCUT2D eigenvalue weighted by atomic mass is 10.1. The number of sulfonamides is 1. The van der Waals surface area contributed by atoms with Crippen LogP contribution < -0.4 is 4.72 Å². The molecule has 20 heavy (non-hydrogen) atoms. The molecule has 0 unspecified atom stereocenters. The van der Waals surface area contributed by atoms with E-state index in [1.807, 2.05) is 13.8 Å². The second-order valence-electron chi connectivity index (χ2n) is 4.66. The van der Waals surface area contributed by atoms with Crippen LogP contribution in [0, 0.1) is 19.7 Å². The molecule has 0 bridgehead atoms. The minimum absolute atomic E-state index is 0.0675. The first-order chi connectivity index (χ1) is 9.40. The van der Waals surface area contributed by atoms with Crippen molar-refractivity contribution in [1.82, 2.24) is 4.72 Å². The molecule has 0 atom stereocenters. The minimum Gasteiger partial charge on any atom is -0.207 e. The summed E-state index contributed by atoms with van der Waals surface area (Å²) in [6.45, 7) is 3.70. The van der Waals surface area contributed by atoms with Crippen LogP contribution in [0.2, 0.25) is 0 Å². The normalized spacial score (nSPS) is 11.6. The Kier molecular flexibility index (Phi) is 4.20. The Bertz CT molecular complexity index is 726. The van der Waals surface area contributed by atoms with Gasteiger partial charge in [0.05, 0.1) is 4.90 Å². The van der Waals surface area contributed by atoms with Crippen molar-refractivity contribution in [2.75, 3.05) is 0 Å². The molecule has 0 fully saturated rings. The van der Waals surface area contributed by atoms with E-state index in [4.69, 9.17) is 0 Å². The Morgan fingerprint density at radius 2 is 1.75 bits per heavy atom. The second-order valence-corrected chi connectivity index (χ2v) is 6.43. The van der Waals surface area contributed by atoms with Gasteiger partial charge in [0.1, 0.15) is 5.82 Å². The van der Waals surface area contributed by atoms with Gasteiger partial charge >= 0.3 is 0 Å². The molecular weight excluding hydrogens is 277 g/mol. The molecule has 0 spiro atoms. The Hall–Kier alpha value is -1.72. The number of hydrogen-bond donors (Lipinski definition) is 1. The summed E-state index contributed by atoms with van der Waals surface area (Å²) in [6.07, 6.45) is 0. The fraction of sp³-hybridized carbons (Fsp3) is 0.200. The van der Waals surface area contributed by atoms with Crippen molar-refractivity contribution in [3.05, 3.63) is 65.0 Å². The highest BCUT2D eigenvalue weighted by Gasteiger charge is 2.15. The van der Waals surface area contributed by atoms with Gasteiger partial charge in [-0.25, -0.2) is 17.5 Å². The number of benzene rings is 2. The van der Waals surface area contributed by atoms with E-state index in [0.717, 1.165) is 11.1 Å². The zero-order chi connectivity index (χ0) is 14.8. The summed E-state index contributed by atoms with van der Waals surface area (Å²) in [5.41, 5.74) is 2.25. The molecule has 0 aliphatic rings. The third-order valence-corrected chi connectivity index (χ3v) is 4.60. The lowest BCUT2D eigenvalue weighted by Crippen LogP contribution is -2.23. The van der Waals surface area contributed by atoms with E-state index in [1.165, 1.54) is 6.07 Å². The van der Waals surface area contributed by atoms with Gasteiger partial charge in [-0.2, -0.15) is 0 Å². The molecule has 2 rings (SSSR count). The molecule has 3 nitrogen and oxygen atoms in total. The van der Waals surface area contributed by atoms with Crippen molar-refractivity contribution in [3.63, 3.8) is 0 Å². The SMILES string of the molecule is Cc1ccc(S(=O)(=O)NCc2ccccc2F)cc1C. The molecule has 0 saturated carbocycles. The van der Waals surface area contributed by atoms with Gasteiger partial charge in [-0.1, -0.05) is 24.3 Å². The lowest BCUT2D eigenvalue weighted by molar-refractivity contribution is 0.574. The van der Waals surface area contributed by atoms with Crippen LogP contribution in [0.3, 0.4) is 0 Å². The quantitative estimate of drug-likeness (QED) is 0.942. The third-order valence-electron chi connectivity index (χ3n) is 3.20. The molecular formula is C15H16FNO2S. The molecule has 0 amide bonds. The van der Waals surface area contributed by atoms with Crippen LogP contribution in [0.1, 0.15) is 16.7 Å². The van der Waals surface area contributed by atoms with Crippen molar-refractivity contribution in [2.45, 2.75) is 25.3 Å². The van der Waals surface area contributed by atoms with Gasteiger partial charge in [-0.05, 0) is 43.2 Å². The first kappa shape index (κ1) is 14.7. The summed E-state index contributed by atoms with van der Waals surface area (Å²) >= 11 is 0. The van der Waals surface area contributed by atoms with E-state index in [1.54, 1.807) is 36.4 Å². The minimum atomic E-state index is -3.63. The number of nitrogens with one attached hydrogen (secondary N) is 1. The number of halogens is 1. The first-order valence-electron chi connectivity index (χ1n) is 6.20. The van der Waals surface area contributed by atoms with Gasteiger partial charge in [0, 0.05) is 12.1 Å². The summed E-state index contributed by atoms with van der Waals surface area (Å²) in [5, 5.41) is 0. The number of rotatable bonds is 4. The van der Waals surface area contributed by atoms with Crippen molar-refractivity contribution in [2.24, 2.45) is 0 Å². The molecule has 0 saturated heterocycles. The highest BCUT2D eigenvalue weighted by atomic mass is 32.2. The van der Waals surface area contributed by atoms with E-state index in [9.17, 15) is 12.8 Å². The van der Waals surface area contributed by atoms with Crippen LogP contribution in [0.25, 0.3) is 0 Å². The van der Waals surface area contributed by atoms with Crippen molar-refractivity contribution in [1.29, 1.82) is 0 Å². The lowest BCUT2D eigenvalue weighted by Gasteiger charge is -2.09. The fourth-order valence-electron chi connectivity index (χ4n) is 1.78. The fourth-order valence-corrected chi connectivity index (χ4v) is 2.87. The maximum atomic E-state index is 13.4. The van der Waals surface area contributed by atoms with Crippen LogP contribution in [0.4, 0.5) is 4.39 Å². The first-order valence-corrected chi connectivity index (χ1v) is 7.69. The maximum Gasteiger partial charge on any atom is 0.240 e. The van der Waals surface area contributed by atoms with E-state index < -0.39 is 15.8 Å². The van der Waals surface area contributed by atoms with Crippen LogP contribution >= 0.6 is 0 Å². The van der Waals surface area contributed by atoms with Gasteiger partial charge < -0.3 is 0 Å². The highest BCUT2D eigenvalue weighted by Crippen LogP contribution is 2.15. The standard InChI is InChI=1S/C15H16FNO2S/c1-11-7-8-14(9-12(11)2)20(18,19)17-10-13-5-3-4-6-15(13)16/h3-9,17H,10H2,1-2H3. The zero-order valence-electron chi connectivity index (χ0n) is 11.4. The third kappa shape index (κ3) is 3.23. The van der Waals surface area contributed by atoms with Crippen molar-refractivity contribution < 1.29 is 12.8 Å². The molecule has 2 aromatic rings. The maximum absolute atomic E-state index is 13.4. The van der Waals surface area contributed by atoms with E-state index in [0.29, 0.717) is 5.56 Å². The van der Waals surface area contributed by atoms with Gasteiger partial charge in [-0.3, -0.25) is 0 Å². The molecule has 1 N–H and O–H groups in total. The Labute approximate surface area is 118 Å². The van der Waals surface area contributed by atoms with Crippen LogP contribution in [-0.4, -0.2) is 8.42 Å². The largest absolute Gasteiger partial charge is 0.240 e. The van der Waals surface area contributed by atoms with E-state index in [-0.39, 0.29) is 11.4 Å². The Morgan fingerprint density at radius 1 is 1.05 bits per heavy atom. The topological polar surface area (TPSA) is 46.2 Å². The molecule has 0 aromatic heterocycles. The molecule has 0 heterocycles. The predicted octanol–water partition coefficient (Wildman–Crippen LogP) is 2.92. The summed E-state index contributed by atoms with van der Waals surface area (Å²) < 4.78 is 40.2.